The number of nitrogens with one attached hydrogen (secondary N) is 1. The van der Waals surface area contributed by atoms with E-state index in [0.29, 0.717) is 11.6 Å². The van der Waals surface area contributed by atoms with Crippen LogP contribution in [0.3, 0.4) is 0 Å². The fraction of sp³-hybridized carbons (Fsp3) is 0.350. The maximum Gasteiger partial charge on any atom is 0.241 e. The molecular formula is C20H21N7O. The average molecular weight is 375 g/mol. The Balaban J connectivity index is 1.41. The molecule has 1 fully saturated rings. The Bertz CT molecular complexity index is 1140. The first kappa shape index (κ1) is 17.0. The number of hydrogen-bond acceptors (Lipinski definition) is 7. The number of fused-ring (bicyclic) bond motifs is 2. The average Bonchev–Trinajstić information content (AvgIpc) is 3.12. The number of nitrogens with zero attached hydrogens (tertiary/aromatic N) is 6. The maximum absolute atomic E-state index is 10.1. The summed E-state index contributed by atoms with van der Waals surface area (Å²) in [5.41, 5.74) is 3.70. The first-order valence-electron chi connectivity index (χ1n) is 9.48. The lowest BCUT2D eigenvalue weighted by Gasteiger charge is -2.33. The molecule has 1 saturated carbocycles. The van der Waals surface area contributed by atoms with Crippen molar-refractivity contribution in [3.8, 4) is 11.1 Å². The van der Waals surface area contributed by atoms with Crippen molar-refractivity contribution in [3.63, 3.8) is 0 Å². The Morgan fingerprint density at radius 3 is 2.79 bits per heavy atom. The Morgan fingerprint density at radius 2 is 1.93 bits per heavy atom. The van der Waals surface area contributed by atoms with Crippen LogP contribution in [-0.4, -0.2) is 46.3 Å². The molecule has 4 aromatic rings. The van der Waals surface area contributed by atoms with Crippen LogP contribution in [0.2, 0.25) is 0 Å². The second-order valence-corrected chi connectivity index (χ2v) is 7.68. The lowest BCUT2D eigenvalue weighted by Crippen LogP contribution is -2.36. The summed E-state index contributed by atoms with van der Waals surface area (Å²) in [6, 6.07) is 4.27. The minimum absolute atomic E-state index is 0.288. The van der Waals surface area contributed by atoms with Crippen LogP contribution < -0.4 is 5.32 Å². The first-order chi connectivity index (χ1) is 13.6. The normalized spacial score (nSPS) is 22.6. The lowest BCUT2D eigenvalue weighted by atomic mass is 9.84. The second-order valence-electron chi connectivity index (χ2n) is 7.68. The molecule has 0 unspecified atom stereocenters. The van der Waals surface area contributed by atoms with Crippen molar-refractivity contribution in [2.24, 2.45) is 0 Å². The van der Waals surface area contributed by atoms with Gasteiger partial charge in [0.15, 0.2) is 5.65 Å². The zero-order valence-electron chi connectivity index (χ0n) is 15.6. The predicted molar refractivity (Wildman–Crippen MR) is 106 cm³/mol. The van der Waals surface area contributed by atoms with Crippen molar-refractivity contribution in [1.29, 1.82) is 0 Å². The molecule has 0 bridgehead atoms. The van der Waals surface area contributed by atoms with Crippen molar-refractivity contribution in [2.75, 3.05) is 5.32 Å². The van der Waals surface area contributed by atoms with E-state index in [2.05, 4.69) is 30.4 Å². The number of aromatic nitrogens is 6. The summed E-state index contributed by atoms with van der Waals surface area (Å²) in [6.07, 6.45) is 12.2. The monoisotopic (exact) mass is 375 g/mol. The van der Waals surface area contributed by atoms with E-state index in [1.165, 1.54) is 0 Å². The Morgan fingerprint density at radius 1 is 1.11 bits per heavy atom. The molecule has 0 atom stereocenters. The number of anilines is 1. The van der Waals surface area contributed by atoms with Gasteiger partial charge in [0.2, 0.25) is 5.95 Å². The SMILES string of the molecule is CC1(O)CCC(Nc2ncc3c(-c4cnc5nccnc5c4)ccn3n2)CC1. The van der Waals surface area contributed by atoms with Gasteiger partial charge in [0.25, 0.3) is 0 Å². The molecule has 8 nitrogen and oxygen atoms in total. The highest BCUT2D eigenvalue weighted by Gasteiger charge is 2.28. The predicted octanol–water partition coefficient (Wildman–Crippen LogP) is 2.84. The quantitative estimate of drug-likeness (QED) is 0.568. The molecule has 5 rings (SSSR count). The van der Waals surface area contributed by atoms with E-state index < -0.39 is 5.60 Å². The topological polar surface area (TPSA) is 101 Å². The third-order valence-electron chi connectivity index (χ3n) is 5.45. The van der Waals surface area contributed by atoms with Gasteiger partial charge in [-0.2, -0.15) is 0 Å². The van der Waals surface area contributed by atoms with Gasteiger partial charge in [0.1, 0.15) is 5.52 Å². The van der Waals surface area contributed by atoms with Crippen LogP contribution in [0, 0.1) is 0 Å². The molecular weight excluding hydrogens is 354 g/mol. The molecule has 0 spiro atoms. The molecule has 0 radical (unpaired) electrons. The van der Waals surface area contributed by atoms with E-state index in [4.69, 9.17) is 0 Å². The number of aliphatic hydroxyl groups is 1. The third kappa shape index (κ3) is 3.16. The van der Waals surface area contributed by atoms with E-state index in [1.54, 1.807) is 18.6 Å². The molecule has 0 saturated heterocycles. The number of rotatable bonds is 3. The number of pyridine rings is 1. The molecule has 2 N–H and O–H groups in total. The van der Waals surface area contributed by atoms with Crippen LogP contribution in [0.25, 0.3) is 27.8 Å². The largest absolute Gasteiger partial charge is 0.390 e. The number of hydrogen-bond donors (Lipinski definition) is 2. The summed E-state index contributed by atoms with van der Waals surface area (Å²) in [4.78, 5) is 17.4. The molecule has 0 amide bonds. The van der Waals surface area contributed by atoms with Crippen molar-refractivity contribution >= 4 is 22.6 Å². The van der Waals surface area contributed by atoms with Gasteiger partial charge in [0.05, 0.1) is 17.3 Å². The Hall–Kier alpha value is -3.13. The summed E-state index contributed by atoms with van der Waals surface area (Å²) < 4.78 is 1.82. The van der Waals surface area contributed by atoms with Crippen LogP contribution in [0.15, 0.2) is 43.1 Å². The Kier molecular flexibility index (Phi) is 3.94. The maximum atomic E-state index is 10.1. The van der Waals surface area contributed by atoms with Crippen molar-refractivity contribution in [1.82, 2.24) is 29.5 Å². The summed E-state index contributed by atoms with van der Waals surface area (Å²) >= 11 is 0. The van der Waals surface area contributed by atoms with Crippen LogP contribution >= 0.6 is 0 Å². The van der Waals surface area contributed by atoms with Gasteiger partial charge < -0.3 is 10.4 Å². The molecule has 0 aliphatic heterocycles. The van der Waals surface area contributed by atoms with Crippen LogP contribution in [0.4, 0.5) is 5.95 Å². The van der Waals surface area contributed by atoms with Crippen molar-refractivity contribution in [2.45, 2.75) is 44.2 Å². The van der Waals surface area contributed by atoms with Gasteiger partial charge in [0, 0.05) is 42.0 Å². The smallest absolute Gasteiger partial charge is 0.241 e. The highest BCUT2D eigenvalue weighted by Crippen LogP contribution is 2.29. The van der Waals surface area contributed by atoms with E-state index in [1.807, 2.05) is 36.0 Å². The third-order valence-corrected chi connectivity index (χ3v) is 5.45. The molecule has 4 aromatic heterocycles. The van der Waals surface area contributed by atoms with Gasteiger partial charge in [-0.15, -0.1) is 5.10 Å². The fourth-order valence-electron chi connectivity index (χ4n) is 3.78. The highest BCUT2D eigenvalue weighted by molar-refractivity contribution is 5.84. The van der Waals surface area contributed by atoms with Crippen molar-refractivity contribution < 1.29 is 5.11 Å². The van der Waals surface area contributed by atoms with Gasteiger partial charge in [-0.3, -0.25) is 4.98 Å². The molecule has 142 valence electrons. The minimum Gasteiger partial charge on any atom is -0.390 e. The molecule has 0 aromatic carbocycles. The summed E-state index contributed by atoms with van der Waals surface area (Å²) in [5, 5.41) is 18.1. The van der Waals surface area contributed by atoms with E-state index in [0.717, 1.165) is 47.8 Å². The summed E-state index contributed by atoms with van der Waals surface area (Å²) in [5.74, 6) is 0.601. The van der Waals surface area contributed by atoms with Gasteiger partial charge in [-0.1, -0.05) is 0 Å². The highest BCUT2D eigenvalue weighted by atomic mass is 16.3. The van der Waals surface area contributed by atoms with Crippen LogP contribution in [0.1, 0.15) is 32.6 Å². The second kappa shape index (κ2) is 6.49. The minimum atomic E-state index is -0.545. The Labute approximate surface area is 161 Å². The summed E-state index contributed by atoms with van der Waals surface area (Å²) in [6.45, 7) is 1.90. The van der Waals surface area contributed by atoms with Gasteiger partial charge >= 0.3 is 0 Å². The molecule has 28 heavy (non-hydrogen) atoms. The first-order valence-corrected chi connectivity index (χ1v) is 9.48. The van der Waals surface area contributed by atoms with Crippen molar-refractivity contribution in [3.05, 3.63) is 43.1 Å². The lowest BCUT2D eigenvalue weighted by molar-refractivity contribution is 0.0195. The van der Waals surface area contributed by atoms with Gasteiger partial charge in [-0.05, 0) is 44.7 Å². The zero-order valence-corrected chi connectivity index (χ0v) is 15.6. The van der Waals surface area contributed by atoms with Crippen LogP contribution in [-0.2, 0) is 0 Å². The van der Waals surface area contributed by atoms with E-state index >= 15 is 0 Å². The fourth-order valence-corrected chi connectivity index (χ4v) is 3.78. The zero-order chi connectivity index (χ0) is 19.1. The van der Waals surface area contributed by atoms with Crippen LogP contribution in [0.5, 0.6) is 0 Å². The molecule has 8 heteroatoms. The molecule has 1 aliphatic carbocycles. The van der Waals surface area contributed by atoms with E-state index in [9.17, 15) is 5.11 Å². The summed E-state index contributed by atoms with van der Waals surface area (Å²) in [7, 11) is 0. The molecule has 1 aliphatic rings. The molecule has 4 heterocycles. The van der Waals surface area contributed by atoms with E-state index in [-0.39, 0.29) is 6.04 Å². The van der Waals surface area contributed by atoms with Gasteiger partial charge in [-0.25, -0.2) is 19.5 Å². The standard InChI is InChI=1S/C20H21N7O/c1-20(28)5-2-14(3-6-20)25-19-24-12-17-15(4-9-27(17)26-19)13-10-16-18(23-11-13)22-8-7-21-16/h4,7-12,14,28H,2-3,5-6H2,1H3,(H,25,26).